The summed E-state index contributed by atoms with van der Waals surface area (Å²) in [4.78, 5) is 0. The van der Waals surface area contributed by atoms with Crippen LogP contribution in [0.3, 0.4) is 0 Å². The Bertz CT molecular complexity index is 572. The average molecular weight is 308 g/mol. The van der Waals surface area contributed by atoms with Gasteiger partial charge in [-0.15, -0.1) is 0 Å². The molecule has 18 heavy (non-hydrogen) atoms. The Balaban J connectivity index is 0. The van der Waals surface area contributed by atoms with Crippen molar-refractivity contribution < 1.29 is 85.1 Å². The second-order valence-electron chi connectivity index (χ2n) is 2.78. The monoisotopic (exact) mass is 308 g/mol. The van der Waals surface area contributed by atoms with E-state index in [1.165, 1.54) is 24.3 Å². The quantitative estimate of drug-likeness (QED) is 0.406. The topological polar surface area (TPSA) is 114 Å². The van der Waals surface area contributed by atoms with Crippen molar-refractivity contribution in [3.8, 4) is 0 Å². The first-order valence-corrected chi connectivity index (χ1v) is 6.71. The van der Waals surface area contributed by atoms with Gasteiger partial charge in [-0.25, -0.2) is 16.8 Å². The Morgan fingerprint density at radius 3 is 1.61 bits per heavy atom. The molecule has 0 aliphatic rings. The minimum Gasteiger partial charge on any atom is -0.744 e. The number of hydrogen-bond acceptors (Lipinski definition) is 6. The zero-order chi connectivity index (χ0) is 12.4. The van der Waals surface area contributed by atoms with Gasteiger partial charge in [0.1, 0.15) is 24.5 Å². The summed E-state index contributed by atoms with van der Waals surface area (Å²) in [6.07, 6.45) is 0.532. The molecule has 0 aromatic heterocycles. The van der Waals surface area contributed by atoms with Gasteiger partial charge in [-0.2, -0.15) is 0 Å². The summed E-state index contributed by atoms with van der Waals surface area (Å²) in [5.41, 5.74) is 0.136. The maximum Gasteiger partial charge on any atom is 1.00 e. The summed E-state index contributed by atoms with van der Waals surface area (Å²) in [6, 6.07) is 7.32. The van der Waals surface area contributed by atoms with E-state index in [4.69, 9.17) is 0 Å². The van der Waals surface area contributed by atoms with Crippen LogP contribution in [0.1, 0.15) is 5.56 Å². The zero-order valence-electron chi connectivity index (χ0n) is 9.73. The van der Waals surface area contributed by atoms with Gasteiger partial charge in [0, 0.05) is 0 Å². The zero-order valence-corrected chi connectivity index (χ0v) is 15.4. The third kappa shape index (κ3) is 6.80. The van der Waals surface area contributed by atoms with E-state index in [9.17, 15) is 25.9 Å². The van der Waals surface area contributed by atoms with Crippen LogP contribution in [-0.4, -0.2) is 25.9 Å². The van der Waals surface area contributed by atoms with Gasteiger partial charge >= 0.3 is 59.1 Å². The van der Waals surface area contributed by atoms with Crippen molar-refractivity contribution in [1.82, 2.24) is 0 Å². The molecular formula is C8H6Na2O6S2. The smallest absolute Gasteiger partial charge is 0.744 e. The van der Waals surface area contributed by atoms with Gasteiger partial charge in [-0.1, -0.05) is 30.3 Å². The van der Waals surface area contributed by atoms with Crippen molar-refractivity contribution in [1.29, 1.82) is 0 Å². The fourth-order valence-corrected chi connectivity index (χ4v) is 2.52. The molecule has 0 atom stereocenters. The third-order valence-electron chi connectivity index (χ3n) is 1.58. The second kappa shape index (κ2) is 8.15. The molecule has 0 aliphatic carbocycles. The first kappa shape index (κ1) is 21.1. The van der Waals surface area contributed by atoms with E-state index in [0.717, 1.165) is 0 Å². The van der Waals surface area contributed by atoms with Crippen molar-refractivity contribution in [2.75, 3.05) is 0 Å². The maximum absolute atomic E-state index is 10.6. The van der Waals surface area contributed by atoms with Crippen molar-refractivity contribution in [3.05, 3.63) is 40.1 Å². The molecule has 0 saturated heterocycles. The average Bonchev–Trinajstić information content (AvgIpc) is 2.12. The summed E-state index contributed by atoms with van der Waals surface area (Å²) in [6.45, 7) is 0. The van der Waals surface area contributed by atoms with E-state index < -0.39 is 24.5 Å². The van der Waals surface area contributed by atoms with Gasteiger partial charge in [0.25, 0.3) is 0 Å². The third-order valence-corrected chi connectivity index (χ3v) is 4.02. The minimum absolute atomic E-state index is 0. The molecule has 10 heteroatoms. The predicted octanol–water partition coefficient (Wildman–Crippen LogP) is -5.92. The van der Waals surface area contributed by atoms with Gasteiger partial charge in [0.05, 0.1) is 0 Å². The molecule has 1 rings (SSSR count). The number of benzene rings is 1. The van der Waals surface area contributed by atoms with E-state index >= 15 is 0 Å². The molecule has 0 spiro atoms. The first-order chi connectivity index (χ1) is 7.21. The fourth-order valence-electron chi connectivity index (χ4n) is 0.955. The predicted molar refractivity (Wildman–Crippen MR) is 53.8 cm³/mol. The Labute approximate surface area is 150 Å². The summed E-state index contributed by atoms with van der Waals surface area (Å²) in [7, 11) is -10.6. The minimum atomic E-state index is -5.31. The molecule has 0 saturated carbocycles. The van der Waals surface area contributed by atoms with Gasteiger partial charge < -0.3 is 9.11 Å². The van der Waals surface area contributed by atoms with Gasteiger partial charge in [0.2, 0.25) is 0 Å². The van der Waals surface area contributed by atoms with Gasteiger partial charge in [-0.3, -0.25) is 0 Å². The normalized spacial score (nSPS) is 10.8. The molecule has 0 radical (unpaired) electrons. The Morgan fingerprint density at radius 1 is 0.889 bits per heavy atom. The molecule has 0 amide bonds. The number of hydrogen-bond donors (Lipinski definition) is 0. The Kier molecular flexibility index (Phi) is 9.55. The first-order valence-electron chi connectivity index (χ1n) is 3.90. The summed E-state index contributed by atoms with van der Waals surface area (Å²) in [5.74, 6) is 0. The molecule has 88 valence electrons. The van der Waals surface area contributed by atoms with Gasteiger partial charge in [-0.05, 0) is 11.6 Å². The summed E-state index contributed by atoms with van der Waals surface area (Å²) < 4.78 is 61.8. The van der Waals surface area contributed by atoms with Crippen molar-refractivity contribution in [3.63, 3.8) is 0 Å². The molecule has 0 bridgehead atoms. The van der Waals surface area contributed by atoms with E-state index in [1.54, 1.807) is 6.07 Å². The summed E-state index contributed by atoms with van der Waals surface area (Å²) >= 11 is 0. The molecule has 1 aromatic carbocycles. The molecule has 0 aliphatic heterocycles. The van der Waals surface area contributed by atoms with E-state index in [2.05, 4.69) is 0 Å². The van der Waals surface area contributed by atoms with Crippen LogP contribution in [0.25, 0.3) is 6.08 Å². The molecule has 6 nitrogen and oxygen atoms in total. The summed E-state index contributed by atoms with van der Waals surface area (Å²) in [5, 5.41) is 0. The van der Waals surface area contributed by atoms with Crippen LogP contribution in [-0.2, 0) is 20.2 Å². The van der Waals surface area contributed by atoms with E-state index in [-0.39, 0.29) is 64.7 Å². The SMILES string of the molecule is O=S(=O)([O-])C(=Cc1ccccc1)S(=O)(=O)[O-].[Na+].[Na+]. The van der Waals surface area contributed by atoms with E-state index in [1.807, 2.05) is 0 Å². The van der Waals surface area contributed by atoms with E-state index in [0.29, 0.717) is 6.08 Å². The molecule has 0 unspecified atom stereocenters. The molecule has 0 heterocycles. The van der Waals surface area contributed by atoms with Crippen LogP contribution in [0.2, 0.25) is 0 Å². The van der Waals surface area contributed by atoms with Crippen molar-refractivity contribution in [2.45, 2.75) is 0 Å². The molecule has 0 fully saturated rings. The largest absolute Gasteiger partial charge is 1.00 e. The van der Waals surface area contributed by atoms with Crippen molar-refractivity contribution >= 4 is 26.3 Å². The standard InChI is InChI=1S/C8H8O6S2.2Na/c9-15(10,11)8(16(12,13)14)6-7-4-2-1-3-5-7;;/h1-6H,(H,9,10,11)(H,12,13,14);;/q;2*+1/p-2. The van der Waals surface area contributed by atoms with Crippen LogP contribution >= 0.6 is 0 Å². The molecule has 1 aromatic rings. The van der Waals surface area contributed by atoms with Crippen molar-refractivity contribution in [2.24, 2.45) is 0 Å². The molecular weight excluding hydrogens is 302 g/mol. The molecule has 0 N–H and O–H groups in total. The van der Waals surface area contributed by atoms with Crippen LogP contribution in [0, 0.1) is 0 Å². The fraction of sp³-hybridized carbons (Fsp3) is 0. The Hall–Kier alpha value is 0.780. The van der Waals surface area contributed by atoms with Crippen LogP contribution < -0.4 is 59.1 Å². The Morgan fingerprint density at radius 2 is 1.28 bits per heavy atom. The van der Waals surface area contributed by atoms with Gasteiger partial charge in [0.15, 0.2) is 0 Å². The second-order valence-corrected chi connectivity index (χ2v) is 5.74. The number of rotatable bonds is 3. The van der Waals surface area contributed by atoms with Crippen LogP contribution in [0.4, 0.5) is 0 Å². The van der Waals surface area contributed by atoms with Crippen LogP contribution in [0.15, 0.2) is 34.6 Å². The van der Waals surface area contributed by atoms with Crippen LogP contribution in [0.5, 0.6) is 0 Å². The maximum atomic E-state index is 10.6.